The van der Waals surface area contributed by atoms with E-state index in [2.05, 4.69) is 27.0 Å². The predicted molar refractivity (Wildman–Crippen MR) is 98.9 cm³/mol. The molecular formula is C20H24N4O2. The zero-order valence-electron chi connectivity index (χ0n) is 15.1. The standard InChI is InChI=1S/C20H24N4O2/c1-26-17-12-21-19(22-13-17)23-9-7-20(8-10-23)11-18(25)24(15-20)14-16-5-3-2-4-6-16/h2-6,12-13H,7-11,14-15H2,1H3. The number of carbonyl (C=O) groups is 1. The summed E-state index contributed by atoms with van der Waals surface area (Å²) in [6, 6.07) is 10.2. The van der Waals surface area contributed by atoms with Crippen LogP contribution in [0.4, 0.5) is 5.95 Å². The lowest BCUT2D eigenvalue weighted by molar-refractivity contribution is -0.128. The summed E-state index contributed by atoms with van der Waals surface area (Å²) >= 11 is 0. The zero-order chi connectivity index (χ0) is 18.0. The first-order chi connectivity index (χ1) is 12.7. The van der Waals surface area contributed by atoms with Crippen molar-refractivity contribution in [2.24, 2.45) is 5.41 Å². The van der Waals surface area contributed by atoms with Crippen molar-refractivity contribution >= 4 is 11.9 Å². The normalized spacial score (nSPS) is 19.2. The summed E-state index contributed by atoms with van der Waals surface area (Å²) in [7, 11) is 1.61. The van der Waals surface area contributed by atoms with Gasteiger partial charge in [0, 0.05) is 38.0 Å². The quantitative estimate of drug-likeness (QED) is 0.846. The van der Waals surface area contributed by atoms with E-state index in [1.165, 1.54) is 5.56 Å². The molecule has 2 aliphatic heterocycles. The number of likely N-dealkylation sites (tertiary alicyclic amines) is 1. The molecule has 0 saturated carbocycles. The Kier molecular flexibility index (Phi) is 4.49. The number of piperidine rings is 1. The number of carbonyl (C=O) groups excluding carboxylic acids is 1. The van der Waals surface area contributed by atoms with Gasteiger partial charge in [0.2, 0.25) is 11.9 Å². The Hall–Kier alpha value is -2.63. The van der Waals surface area contributed by atoms with Gasteiger partial charge < -0.3 is 14.5 Å². The summed E-state index contributed by atoms with van der Waals surface area (Å²) in [5, 5.41) is 0. The highest BCUT2D eigenvalue weighted by molar-refractivity contribution is 5.79. The molecule has 0 radical (unpaired) electrons. The van der Waals surface area contributed by atoms with Crippen LogP contribution < -0.4 is 9.64 Å². The maximum absolute atomic E-state index is 12.5. The minimum Gasteiger partial charge on any atom is -0.494 e. The van der Waals surface area contributed by atoms with Crippen molar-refractivity contribution in [3.05, 3.63) is 48.3 Å². The van der Waals surface area contributed by atoms with Gasteiger partial charge in [0.1, 0.15) is 0 Å². The van der Waals surface area contributed by atoms with Crippen molar-refractivity contribution in [2.45, 2.75) is 25.8 Å². The molecule has 0 bridgehead atoms. The second-order valence-electron chi connectivity index (χ2n) is 7.32. The summed E-state index contributed by atoms with van der Waals surface area (Å²) in [6.07, 6.45) is 6.07. The average Bonchev–Trinajstić information content (AvgIpc) is 2.98. The monoisotopic (exact) mass is 352 g/mol. The molecule has 2 aromatic rings. The Bertz CT molecular complexity index is 755. The van der Waals surface area contributed by atoms with Gasteiger partial charge in [-0.1, -0.05) is 30.3 Å². The molecule has 1 aromatic heterocycles. The van der Waals surface area contributed by atoms with Crippen LogP contribution in [0.2, 0.25) is 0 Å². The molecule has 136 valence electrons. The number of methoxy groups -OCH3 is 1. The highest BCUT2D eigenvalue weighted by atomic mass is 16.5. The Morgan fingerprint density at radius 3 is 2.46 bits per heavy atom. The number of hydrogen-bond acceptors (Lipinski definition) is 5. The lowest BCUT2D eigenvalue weighted by atomic mass is 9.77. The molecule has 0 unspecified atom stereocenters. The molecule has 26 heavy (non-hydrogen) atoms. The van der Waals surface area contributed by atoms with Crippen molar-refractivity contribution < 1.29 is 9.53 Å². The molecule has 4 rings (SSSR count). The number of aromatic nitrogens is 2. The first kappa shape index (κ1) is 16.8. The van der Waals surface area contributed by atoms with Crippen LogP contribution in [0.1, 0.15) is 24.8 Å². The van der Waals surface area contributed by atoms with Crippen LogP contribution in [-0.4, -0.2) is 47.5 Å². The van der Waals surface area contributed by atoms with Crippen LogP contribution in [0.25, 0.3) is 0 Å². The van der Waals surface area contributed by atoms with Crippen LogP contribution in [0.15, 0.2) is 42.7 Å². The van der Waals surface area contributed by atoms with Gasteiger partial charge in [-0.3, -0.25) is 4.79 Å². The first-order valence-corrected chi connectivity index (χ1v) is 9.10. The molecule has 6 nitrogen and oxygen atoms in total. The van der Waals surface area contributed by atoms with E-state index in [4.69, 9.17) is 4.74 Å². The second kappa shape index (κ2) is 6.94. The highest BCUT2D eigenvalue weighted by Gasteiger charge is 2.45. The molecule has 1 amide bonds. The van der Waals surface area contributed by atoms with Crippen LogP contribution >= 0.6 is 0 Å². The lowest BCUT2D eigenvalue weighted by Gasteiger charge is -2.38. The summed E-state index contributed by atoms with van der Waals surface area (Å²) in [5.74, 6) is 1.69. The highest BCUT2D eigenvalue weighted by Crippen LogP contribution is 2.42. The van der Waals surface area contributed by atoms with Crippen molar-refractivity contribution in [3.63, 3.8) is 0 Å². The number of rotatable bonds is 4. The molecular weight excluding hydrogens is 328 g/mol. The maximum Gasteiger partial charge on any atom is 0.225 e. The van der Waals surface area contributed by atoms with E-state index in [-0.39, 0.29) is 11.3 Å². The first-order valence-electron chi connectivity index (χ1n) is 9.10. The van der Waals surface area contributed by atoms with Gasteiger partial charge >= 0.3 is 0 Å². The van der Waals surface area contributed by atoms with Gasteiger partial charge in [-0.2, -0.15) is 0 Å². The van der Waals surface area contributed by atoms with Crippen LogP contribution in [-0.2, 0) is 11.3 Å². The third kappa shape index (κ3) is 3.36. The van der Waals surface area contributed by atoms with E-state index in [0.29, 0.717) is 18.7 Å². The van der Waals surface area contributed by atoms with E-state index in [1.807, 2.05) is 23.1 Å². The van der Waals surface area contributed by atoms with E-state index < -0.39 is 0 Å². The van der Waals surface area contributed by atoms with Crippen LogP contribution in [0.5, 0.6) is 5.75 Å². The Morgan fingerprint density at radius 2 is 1.81 bits per heavy atom. The molecule has 0 aliphatic carbocycles. The summed E-state index contributed by atoms with van der Waals surface area (Å²) in [5.41, 5.74) is 1.30. The number of ether oxygens (including phenoxy) is 1. The minimum absolute atomic E-state index is 0.106. The van der Waals surface area contributed by atoms with Gasteiger partial charge in [0.25, 0.3) is 0 Å². The average molecular weight is 352 g/mol. The van der Waals surface area contributed by atoms with E-state index in [1.54, 1.807) is 19.5 Å². The number of anilines is 1. The van der Waals surface area contributed by atoms with Crippen molar-refractivity contribution in [1.29, 1.82) is 0 Å². The van der Waals surface area contributed by atoms with Crippen LogP contribution in [0, 0.1) is 5.41 Å². The van der Waals surface area contributed by atoms with Gasteiger partial charge in [0.05, 0.1) is 19.5 Å². The van der Waals surface area contributed by atoms with Gasteiger partial charge in [-0.25, -0.2) is 9.97 Å². The molecule has 2 aliphatic rings. The third-order valence-corrected chi connectivity index (χ3v) is 5.58. The fraction of sp³-hybridized carbons (Fsp3) is 0.450. The molecule has 0 atom stereocenters. The molecule has 1 aromatic carbocycles. The molecule has 6 heteroatoms. The molecule has 3 heterocycles. The van der Waals surface area contributed by atoms with Crippen LogP contribution in [0.3, 0.4) is 0 Å². The zero-order valence-corrected chi connectivity index (χ0v) is 15.1. The maximum atomic E-state index is 12.5. The largest absolute Gasteiger partial charge is 0.494 e. The smallest absolute Gasteiger partial charge is 0.225 e. The van der Waals surface area contributed by atoms with Crippen molar-refractivity contribution in [3.8, 4) is 5.75 Å². The Morgan fingerprint density at radius 1 is 1.12 bits per heavy atom. The van der Waals surface area contributed by atoms with Crippen molar-refractivity contribution in [1.82, 2.24) is 14.9 Å². The minimum atomic E-state index is 0.106. The number of nitrogens with zero attached hydrogens (tertiary/aromatic N) is 4. The number of benzene rings is 1. The summed E-state index contributed by atoms with van der Waals surface area (Å²) in [4.78, 5) is 25.5. The predicted octanol–water partition coefficient (Wildman–Crippen LogP) is 2.50. The number of hydrogen-bond donors (Lipinski definition) is 0. The molecule has 1 spiro atoms. The topological polar surface area (TPSA) is 58.6 Å². The van der Waals surface area contributed by atoms with E-state index in [9.17, 15) is 4.79 Å². The van der Waals surface area contributed by atoms with Crippen molar-refractivity contribution in [2.75, 3.05) is 31.6 Å². The van der Waals surface area contributed by atoms with E-state index in [0.717, 1.165) is 38.4 Å². The second-order valence-corrected chi connectivity index (χ2v) is 7.32. The van der Waals surface area contributed by atoms with Gasteiger partial charge in [0.15, 0.2) is 5.75 Å². The van der Waals surface area contributed by atoms with E-state index >= 15 is 0 Å². The fourth-order valence-electron chi connectivity index (χ4n) is 4.02. The van der Waals surface area contributed by atoms with Gasteiger partial charge in [-0.05, 0) is 18.4 Å². The Balaban J connectivity index is 1.38. The molecule has 2 fully saturated rings. The molecule has 2 saturated heterocycles. The fourth-order valence-corrected chi connectivity index (χ4v) is 4.02. The summed E-state index contributed by atoms with van der Waals surface area (Å²) in [6.45, 7) is 3.35. The van der Waals surface area contributed by atoms with Gasteiger partial charge in [-0.15, -0.1) is 0 Å². The third-order valence-electron chi connectivity index (χ3n) is 5.58. The Labute approximate surface area is 153 Å². The summed E-state index contributed by atoms with van der Waals surface area (Å²) < 4.78 is 5.12. The SMILES string of the molecule is COc1cnc(N2CCC3(CC2)CC(=O)N(Cc2ccccc2)C3)nc1. The number of amides is 1. The lowest BCUT2D eigenvalue weighted by Crippen LogP contribution is -2.42. The molecule has 0 N–H and O–H groups in total.